The van der Waals surface area contributed by atoms with Gasteiger partial charge in [-0.25, -0.2) is 9.97 Å². The normalized spacial score (nSPS) is 11.4. The van der Waals surface area contributed by atoms with Gasteiger partial charge in [0.1, 0.15) is 5.82 Å². The van der Waals surface area contributed by atoms with Crippen LogP contribution in [-0.4, -0.2) is 17.0 Å². The second-order valence-electron chi connectivity index (χ2n) is 3.87. The monoisotopic (exact) mass is 315 g/mol. The van der Waals surface area contributed by atoms with Gasteiger partial charge in [0.2, 0.25) is 0 Å². The van der Waals surface area contributed by atoms with Crippen LogP contribution in [0.3, 0.4) is 0 Å². The summed E-state index contributed by atoms with van der Waals surface area (Å²) < 4.78 is 0.999. The van der Waals surface area contributed by atoms with Crippen molar-refractivity contribution >= 4 is 38.2 Å². The van der Waals surface area contributed by atoms with Crippen LogP contribution in [0, 0.1) is 0 Å². The lowest BCUT2D eigenvalue weighted by Crippen LogP contribution is -2.00. The lowest BCUT2D eigenvalue weighted by atomic mass is 10.2. The van der Waals surface area contributed by atoms with E-state index in [4.69, 9.17) is 0 Å². The molecule has 0 aliphatic heterocycles. The number of anilines is 1. The predicted molar refractivity (Wildman–Crippen MR) is 85.2 cm³/mol. The minimum Gasteiger partial charge on any atom is -0.373 e. The van der Waals surface area contributed by atoms with Crippen LogP contribution in [0.4, 0.5) is 5.82 Å². The van der Waals surface area contributed by atoms with Crippen molar-refractivity contribution in [2.24, 2.45) is 0 Å². The van der Waals surface area contributed by atoms with E-state index in [1.54, 1.807) is 12.2 Å². The van der Waals surface area contributed by atoms with E-state index in [1.165, 1.54) is 0 Å². The maximum Gasteiger partial charge on any atom is 0.162 e. The highest BCUT2D eigenvalue weighted by Crippen LogP contribution is 2.26. The topological polar surface area (TPSA) is 37.8 Å². The molecule has 1 aromatic carbocycles. The van der Waals surface area contributed by atoms with Crippen LogP contribution < -0.4 is 5.32 Å². The smallest absolute Gasteiger partial charge is 0.162 e. The van der Waals surface area contributed by atoms with E-state index in [0.29, 0.717) is 5.82 Å². The molecule has 0 atom stereocenters. The first-order valence-corrected chi connectivity index (χ1v) is 6.59. The zero-order valence-corrected chi connectivity index (χ0v) is 12.2. The van der Waals surface area contributed by atoms with Crippen molar-refractivity contribution < 1.29 is 0 Å². The molecular formula is C15H14BrN3. The van der Waals surface area contributed by atoms with Gasteiger partial charge in [-0.1, -0.05) is 47.3 Å². The lowest BCUT2D eigenvalue weighted by molar-refractivity contribution is 1.16. The van der Waals surface area contributed by atoms with Crippen molar-refractivity contribution in [3.05, 3.63) is 59.9 Å². The number of nitrogens with zero attached hydrogens (tertiary/aromatic N) is 2. The van der Waals surface area contributed by atoms with Crippen molar-refractivity contribution in [2.75, 3.05) is 12.4 Å². The maximum absolute atomic E-state index is 4.56. The Morgan fingerprint density at radius 3 is 2.74 bits per heavy atom. The zero-order chi connectivity index (χ0) is 13.8. The second-order valence-corrected chi connectivity index (χ2v) is 4.78. The number of hydrogen-bond acceptors (Lipinski definition) is 3. The first kappa shape index (κ1) is 13.5. The quantitative estimate of drug-likeness (QED) is 0.860. The fourth-order valence-corrected chi connectivity index (χ4v) is 2.14. The highest BCUT2D eigenvalue weighted by Gasteiger charge is 2.08. The summed E-state index contributed by atoms with van der Waals surface area (Å²) in [5.41, 5.74) is 1.73. The van der Waals surface area contributed by atoms with Crippen molar-refractivity contribution in [2.45, 2.75) is 0 Å². The molecule has 0 fully saturated rings. The molecule has 4 heteroatoms. The SMILES string of the molecule is C=CC=C(C=C)c1nc(NC)c2cc(Br)ccc2n1. The number of rotatable bonds is 4. The van der Waals surface area contributed by atoms with Gasteiger partial charge < -0.3 is 5.32 Å². The van der Waals surface area contributed by atoms with E-state index in [1.807, 2.05) is 31.3 Å². The molecule has 0 aliphatic carbocycles. The number of halogens is 1. The average molecular weight is 316 g/mol. The molecule has 96 valence electrons. The van der Waals surface area contributed by atoms with Gasteiger partial charge in [0.15, 0.2) is 5.82 Å². The summed E-state index contributed by atoms with van der Waals surface area (Å²) in [6, 6.07) is 5.92. The van der Waals surface area contributed by atoms with E-state index >= 15 is 0 Å². The Morgan fingerprint density at radius 2 is 2.11 bits per heavy atom. The molecule has 0 radical (unpaired) electrons. The van der Waals surface area contributed by atoms with Crippen LogP contribution in [0.2, 0.25) is 0 Å². The number of benzene rings is 1. The Bertz CT molecular complexity index is 674. The molecule has 0 amide bonds. The largest absolute Gasteiger partial charge is 0.373 e. The Hall–Kier alpha value is -1.94. The van der Waals surface area contributed by atoms with Crippen LogP contribution in [0.5, 0.6) is 0 Å². The van der Waals surface area contributed by atoms with Gasteiger partial charge in [-0.15, -0.1) is 0 Å². The molecule has 2 aromatic rings. The van der Waals surface area contributed by atoms with E-state index in [9.17, 15) is 0 Å². The minimum atomic E-state index is 0.633. The third kappa shape index (κ3) is 2.74. The van der Waals surface area contributed by atoms with E-state index in [0.717, 1.165) is 26.8 Å². The molecule has 1 N–H and O–H groups in total. The summed E-state index contributed by atoms with van der Waals surface area (Å²) in [5, 5.41) is 4.07. The Labute approximate surface area is 120 Å². The number of allylic oxidation sites excluding steroid dienone is 4. The van der Waals surface area contributed by atoms with Gasteiger partial charge in [-0.05, 0) is 18.2 Å². The number of hydrogen-bond donors (Lipinski definition) is 1. The van der Waals surface area contributed by atoms with Crippen LogP contribution in [0.25, 0.3) is 16.5 Å². The lowest BCUT2D eigenvalue weighted by Gasteiger charge is -2.08. The second kappa shape index (κ2) is 5.80. The summed E-state index contributed by atoms with van der Waals surface area (Å²) in [5.74, 6) is 1.42. The fourth-order valence-electron chi connectivity index (χ4n) is 1.78. The summed E-state index contributed by atoms with van der Waals surface area (Å²) >= 11 is 3.46. The molecule has 1 aromatic heterocycles. The predicted octanol–water partition coefficient (Wildman–Crippen LogP) is 4.19. The van der Waals surface area contributed by atoms with Crippen molar-refractivity contribution in [3.63, 3.8) is 0 Å². The first-order chi connectivity index (χ1) is 9.19. The molecule has 0 saturated carbocycles. The zero-order valence-electron chi connectivity index (χ0n) is 10.7. The third-order valence-corrected chi connectivity index (χ3v) is 3.16. The minimum absolute atomic E-state index is 0.633. The molecule has 0 bridgehead atoms. The number of nitrogens with one attached hydrogen (secondary N) is 1. The summed E-state index contributed by atoms with van der Waals surface area (Å²) in [6.45, 7) is 7.47. The van der Waals surface area contributed by atoms with Gasteiger partial charge in [-0.2, -0.15) is 0 Å². The molecule has 0 saturated heterocycles. The molecule has 0 aliphatic rings. The van der Waals surface area contributed by atoms with Gasteiger partial charge >= 0.3 is 0 Å². The van der Waals surface area contributed by atoms with Gasteiger partial charge in [0.25, 0.3) is 0 Å². The molecular weight excluding hydrogens is 302 g/mol. The number of fused-ring (bicyclic) bond motifs is 1. The Morgan fingerprint density at radius 1 is 1.32 bits per heavy atom. The molecule has 3 nitrogen and oxygen atoms in total. The van der Waals surface area contributed by atoms with Crippen LogP contribution in [0.15, 0.2) is 54.1 Å². The van der Waals surface area contributed by atoms with Crippen molar-refractivity contribution in [3.8, 4) is 0 Å². The van der Waals surface area contributed by atoms with Crippen LogP contribution in [-0.2, 0) is 0 Å². The summed E-state index contributed by atoms with van der Waals surface area (Å²) in [6.07, 6.45) is 5.26. The van der Waals surface area contributed by atoms with Crippen LogP contribution >= 0.6 is 15.9 Å². The Balaban J connectivity index is 2.72. The van der Waals surface area contributed by atoms with Crippen LogP contribution in [0.1, 0.15) is 5.82 Å². The highest BCUT2D eigenvalue weighted by atomic mass is 79.9. The molecule has 19 heavy (non-hydrogen) atoms. The number of aromatic nitrogens is 2. The summed E-state index contributed by atoms with van der Waals surface area (Å²) in [7, 11) is 1.84. The Kier molecular flexibility index (Phi) is 4.12. The molecule has 0 unspecified atom stereocenters. The highest BCUT2D eigenvalue weighted by molar-refractivity contribution is 9.10. The van der Waals surface area contributed by atoms with Gasteiger partial charge in [-0.3, -0.25) is 0 Å². The molecule has 0 spiro atoms. The van der Waals surface area contributed by atoms with Gasteiger partial charge in [0.05, 0.1) is 5.52 Å². The van der Waals surface area contributed by atoms with Crippen molar-refractivity contribution in [1.29, 1.82) is 0 Å². The van der Waals surface area contributed by atoms with E-state index < -0.39 is 0 Å². The molecule has 2 rings (SSSR count). The standard InChI is InChI=1S/C15H14BrN3/c1-4-6-10(5-2)14-18-13-8-7-11(16)9-12(13)15(17-3)19-14/h4-9H,1-2H2,3H3,(H,17,18,19). The average Bonchev–Trinajstić information content (AvgIpc) is 2.43. The first-order valence-electron chi connectivity index (χ1n) is 5.80. The summed E-state index contributed by atoms with van der Waals surface area (Å²) in [4.78, 5) is 9.08. The van der Waals surface area contributed by atoms with E-state index in [2.05, 4.69) is 44.4 Å². The van der Waals surface area contributed by atoms with Gasteiger partial charge in [0, 0.05) is 22.5 Å². The fraction of sp³-hybridized carbons (Fsp3) is 0.0667. The maximum atomic E-state index is 4.56. The van der Waals surface area contributed by atoms with E-state index in [-0.39, 0.29) is 0 Å². The van der Waals surface area contributed by atoms with Crippen molar-refractivity contribution in [1.82, 2.24) is 9.97 Å². The third-order valence-electron chi connectivity index (χ3n) is 2.67. The molecule has 1 heterocycles.